The van der Waals surface area contributed by atoms with Crippen LogP contribution in [0.4, 0.5) is 0 Å². The highest BCUT2D eigenvalue weighted by Crippen LogP contribution is 2.34. The van der Waals surface area contributed by atoms with Crippen molar-refractivity contribution in [2.45, 2.75) is 31.8 Å². The lowest BCUT2D eigenvalue weighted by atomic mass is 9.93. The fraction of sp³-hybridized carbons (Fsp3) is 0.300. The van der Waals surface area contributed by atoms with E-state index in [-0.39, 0.29) is 17.9 Å². The summed E-state index contributed by atoms with van der Waals surface area (Å²) in [7, 11) is 0. The second-order valence-electron chi connectivity index (χ2n) is 7.26. The smallest absolute Gasteiger partial charge is 0.262 e. The van der Waals surface area contributed by atoms with Gasteiger partial charge in [0.2, 0.25) is 5.91 Å². The largest absolute Gasteiger partial charge is 0.348 e. The summed E-state index contributed by atoms with van der Waals surface area (Å²) in [5.74, 6) is -0.399. The van der Waals surface area contributed by atoms with Crippen molar-refractivity contribution in [1.82, 2.24) is 25.2 Å². The molecule has 0 radical (unpaired) electrons. The SMILES string of the molecule is CC(C)(NC(=O)c1cccs1)C(=O)N1CCc2[nH]cnc2[C@H]1c1cccnc1. The molecule has 8 heteroatoms. The van der Waals surface area contributed by atoms with E-state index in [0.717, 1.165) is 17.0 Å². The van der Waals surface area contributed by atoms with E-state index in [1.807, 2.05) is 23.6 Å². The lowest BCUT2D eigenvalue weighted by Gasteiger charge is -2.39. The molecule has 1 aliphatic rings. The van der Waals surface area contributed by atoms with Crippen molar-refractivity contribution in [3.05, 3.63) is 70.2 Å². The number of aromatic nitrogens is 3. The van der Waals surface area contributed by atoms with Crippen molar-refractivity contribution < 1.29 is 9.59 Å². The van der Waals surface area contributed by atoms with Gasteiger partial charge in [0.05, 0.1) is 16.9 Å². The van der Waals surface area contributed by atoms with Crippen molar-refractivity contribution in [1.29, 1.82) is 0 Å². The fourth-order valence-electron chi connectivity index (χ4n) is 3.54. The first-order valence-corrected chi connectivity index (χ1v) is 9.94. The Balaban J connectivity index is 1.64. The average Bonchev–Trinajstić information content (AvgIpc) is 3.38. The predicted molar refractivity (Wildman–Crippen MR) is 106 cm³/mol. The van der Waals surface area contributed by atoms with Crippen LogP contribution in [0.1, 0.15) is 46.5 Å². The van der Waals surface area contributed by atoms with Gasteiger partial charge in [0, 0.05) is 31.1 Å². The van der Waals surface area contributed by atoms with Gasteiger partial charge < -0.3 is 15.2 Å². The van der Waals surface area contributed by atoms with E-state index in [0.29, 0.717) is 17.8 Å². The Morgan fingerprint density at radius 2 is 2.18 bits per heavy atom. The highest BCUT2D eigenvalue weighted by Gasteiger charge is 2.41. The first-order chi connectivity index (χ1) is 13.5. The van der Waals surface area contributed by atoms with Crippen LogP contribution in [0.15, 0.2) is 48.4 Å². The van der Waals surface area contributed by atoms with Crippen LogP contribution in [0.3, 0.4) is 0 Å². The summed E-state index contributed by atoms with van der Waals surface area (Å²) >= 11 is 1.35. The van der Waals surface area contributed by atoms with Gasteiger partial charge in [0.1, 0.15) is 11.6 Å². The summed E-state index contributed by atoms with van der Waals surface area (Å²) in [6.45, 7) is 4.01. The highest BCUT2D eigenvalue weighted by molar-refractivity contribution is 7.12. The molecule has 0 aromatic carbocycles. The number of imidazole rings is 1. The zero-order valence-corrected chi connectivity index (χ0v) is 16.5. The molecule has 0 bridgehead atoms. The zero-order valence-electron chi connectivity index (χ0n) is 15.7. The van der Waals surface area contributed by atoms with Gasteiger partial charge in [-0.2, -0.15) is 0 Å². The van der Waals surface area contributed by atoms with Crippen molar-refractivity contribution in [2.75, 3.05) is 6.54 Å². The Kier molecular flexibility index (Phi) is 4.72. The number of hydrogen-bond acceptors (Lipinski definition) is 5. The van der Waals surface area contributed by atoms with Gasteiger partial charge in [-0.05, 0) is 36.9 Å². The first kappa shape index (κ1) is 18.4. The van der Waals surface area contributed by atoms with Gasteiger partial charge in [0.15, 0.2) is 0 Å². The van der Waals surface area contributed by atoms with Crippen LogP contribution >= 0.6 is 11.3 Å². The minimum atomic E-state index is -1.06. The monoisotopic (exact) mass is 395 g/mol. The third kappa shape index (κ3) is 3.31. The number of nitrogens with zero attached hydrogens (tertiary/aromatic N) is 3. The van der Waals surface area contributed by atoms with E-state index in [9.17, 15) is 9.59 Å². The number of carbonyl (C=O) groups excluding carboxylic acids is 2. The van der Waals surface area contributed by atoms with Gasteiger partial charge in [-0.3, -0.25) is 14.6 Å². The van der Waals surface area contributed by atoms with Crippen LogP contribution in [-0.4, -0.2) is 43.7 Å². The third-order valence-corrected chi connectivity index (χ3v) is 5.76. The van der Waals surface area contributed by atoms with Crippen molar-refractivity contribution in [2.24, 2.45) is 0 Å². The molecule has 4 heterocycles. The molecule has 0 spiro atoms. The molecule has 0 saturated carbocycles. The molecule has 3 aromatic heterocycles. The first-order valence-electron chi connectivity index (χ1n) is 9.06. The minimum Gasteiger partial charge on any atom is -0.348 e. The maximum atomic E-state index is 13.5. The molecule has 144 valence electrons. The van der Waals surface area contributed by atoms with Gasteiger partial charge >= 0.3 is 0 Å². The maximum absolute atomic E-state index is 13.5. The number of nitrogens with one attached hydrogen (secondary N) is 2. The van der Waals surface area contributed by atoms with Gasteiger partial charge in [-0.15, -0.1) is 11.3 Å². The van der Waals surface area contributed by atoms with Gasteiger partial charge in [0.25, 0.3) is 5.91 Å². The molecule has 3 aromatic rings. The normalized spacial score (nSPS) is 16.5. The van der Waals surface area contributed by atoms with E-state index in [1.165, 1.54) is 11.3 Å². The van der Waals surface area contributed by atoms with E-state index >= 15 is 0 Å². The third-order valence-electron chi connectivity index (χ3n) is 4.89. The molecule has 1 aliphatic heterocycles. The quantitative estimate of drug-likeness (QED) is 0.710. The van der Waals surface area contributed by atoms with E-state index in [2.05, 4.69) is 20.3 Å². The van der Waals surface area contributed by atoms with Gasteiger partial charge in [-0.1, -0.05) is 12.1 Å². The van der Waals surface area contributed by atoms with Crippen LogP contribution < -0.4 is 5.32 Å². The van der Waals surface area contributed by atoms with Crippen molar-refractivity contribution in [3.8, 4) is 0 Å². The minimum absolute atomic E-state index is 0.153. The summed E-state index contributed by atoms with van der Waals surface area (Å²) < 4.78 is 0. The van der Waals surface area contributed by atoms with Gasteiger partial charge in [-0.25, -0.2) is 4.98 Å². The fourth-order valence-corrected chi connectivity index (χ4v) is 4.16. The Labute approximate surface area is 166 Å². The number of H-pyrrole nitrogens is 1. The topological polar surface area (TPSA) is 91.0 Å². The Hall–Kier alpha value is -3.00. The molecule has 0 aliphatic carbocycles. The lowest BCUT2D eigenvalue weighted by Crippen LogP contribution is -2.57. The molecule has 2 N–H and O–H groups in total. The molecule has 4 rings (SSSR count). The van der Waals surface area contributed by atoms with Crippen LogP contribution in [0, 0.1) is 0 Å². The second kappa shape index (κ2) is 7.20. The number of amides is 2. The molecule has 0 saturated heterocycles. The van der Waals surface area contributed by atoms with E-state index < -0.39 is 5.54 Å². The Bertz CT molecular complexity index is 981. The zero-order chi connectivity index (χ0) is 19.7. The molecular formula is C20H21N5O2S. The number of rotatable bonds is 4. The predicted octanol–water partition coefficient (Wildman–Crippen LogP) is 2.55. The summed E-state index contributed by atoms with van der Waals surface area (Å²) in [6, 6.07) is 7.02. The maximum Gasteiger partial charge on any atom is 0.262 e. The summed E-state index contributed by atoms with van der Waals surface area (Å²) in [4.78, 5) is 40.2. The molecule has 7 nitrogen and oxygen atoms in total. The molecule has 2 amide bonds. The van der Waals surface area contributed by atoms with Crippen LogP contribution in [-0.2, 0) is 11.2 Å². The van der Waals surface area contributed by atoms with Crippen LogP contribution in [0.2, 0.25) is 0 Å². The van der Waals surface area contributed by atoms with E-state index in [4.69, 9.17) is 0 Å². The number of thiophene rings is 1. The summed E-state index contributed by atoms with van der Waals surface area (Å²) in [6.07, 6.45) is 5.81. The Morgan fingerprint density at radius 3 is 2.89 bits per heavy atom. The number of carbonyl (C=O) groups is 2. The van der Waals surface area contributed by atoms with Crippen LogP contribution in [0.5, 0.6) is 0 Å². The molecule has 0 unspecified atom stereocenters. The number of aromatic amines is 1. The van der Waals surface area contributed by atoms with Crippen molar-refractivity contribution >= 4 is 23.2 Å². The van der Waals surface area contributed by atoms with Crippen LogP contribution in [0.25, 0.3) is 0 Å². The highest BCUT2D eigenvalue weighted by atomic mass is 32.1. The van der Waals surface area contributed by atoms with Crippen molar-refractivity contribution in [3.63, 3.8) is 0 Å². The number of hydrogen-bond donors (Lipinski definition) is 2. The molecular weight excluding hydrogens is 374 g/mol. The molecule has 1 atom stereocenters. The molecule has 28 heavy (non-hydrogen) atoms. The number of pyridine rings is 1. The standard InChI is InChI=1S/C20H21N5O2S/c1-20(2,24-18(26)15-6-4-10-28-15)19(27)25-9-7-14-16(23-12-22-14)17(25)13-5-3-8-21-11-13/h3-6,8,10-12,17H,7,9H2,1-2H3,(H,22,23)(H,24,26)/t17-/m1/s1. The lowest BCUT2D eigenvalue weighted by molar-refractivity contribution is -0.139. The Morgan fingerprint density at radius 1 is 1.32 bits per heavy atom. The summed E-state index contributed by atoms with van der Waals surface area (Å²) in [5.41, 5.74) is 1.69. The second-order valence-corrected chi connectivity index (χ2v) is 8.21. The number of fused-ring (bicyclic) bond motifs is 1. The average molecular weight is 395 g/mol. The summed E-state index contributed by atoms with van der Waals surface area (Å²) in [5, 5.41) is 4.72. The molecule has 0 fully saturated rings. The van der Waals surface area contributed by atoms with E-state index in [1.54, 1.807) is 43.5 Å².